The first-order chi connectivity index (χ1) is 12.4. The average molecular weight is 418 g/mol. The van der Waals surface area contributed by atoms with Crippen LogP contribution in [0.1, 0.15) is 26.2 Å². The number of amides is 2. The van der Waals surface area contributed by atoms with Crippen LogP contribution in [-0.4, -0.2) is 63.7 Å². The van der Waals surface area contributed by atoms with Crippen molar-refractivity contribution in [2.24, 2.45) is 0 Å². The van der Waals surface area contributed by atoms with Gasteiger partial charge >= 0.3 is 11.9 Å². The van der Waals surface area contributed by atoms with E-state index in [9.17, 15) is 24.3 Å². The zero-order chi connectivity index (χ0) is 19.3. The molecule has 2 N–H and O–H groups in total. The van der Waals surface area contributed by atoms with E-state index in [2.05, 4.69) is 5.32 Å². The molecule has 1 fully saturated rings. The maximum Gasteiger partial charge on any atom is 0.352 e. The van der Waals surface area contributed by atoms with E-state index in [1.54, 1.807) is 0 Å². The molecule has 142 valence electrons. The van der Waals surface area contributed by atoms with Crippen molar-refractivity contribution in [3.63, 3.8) is 0 Å². The summed E-state index contributed by atoms with van der Waals surface area (Å²) in [6.45, 7) is 1.68. The van der Waals surface area contributed by atoms with Crippen LogP contribution < -0.4 is 5.32 Å². The molecule has 0 aliphatic carbocycles. The van der Waals surface area contributed by atoms with Crippen LogP contribution in [0.2, 0.25) is 0 Å². The molecule has 0 bridgehead atoms. The summed E-state index contributed by atoms with van der Waals surface area (Å²) in [5, 5.41) is 11.7. The zero-order valence-corrected chi connectivity index (χ0v) is 16.6. The van der Waals surface area contributed by atoms with Gasteiger partial charge in [-0.2, -0.15) is 0 Å². The van der Waals surface area contributed by atoms with Crippen molar-refractivity contribution < 1.29 is 29.0 Å². The largest absolute Gasteiger partial charge is 0.477 e. The summed E-state index contributed by atoms with van der Waals surface area (Å²) >= 11 is 6.08. The highest BCUT2D eigenvalue weighted by atomic mass is 32.4. The second-order valence-corrected chi connectivity index (χ2v) is 8.31. The molecular formula is C15H19N2O6PS2. The highest BCUT2D eigenvalue weighted by molar-refractivity contribution is 8.00. The van der Waals surface area contributed by atoms with Crippen molar-refractivity contribution in [3.8, 4) is 0 Å². The van der Waals surface area contributed by atoms with Gasteiger partial charge in [0, 0.05) is 23.9 Å². The number of ether oxygens (including phenoxy) is 1. The Hall–Kier alpha value is -1.51. The molecule has 2 unspecified atom stereocenters. The lowest BCUT2D eigenvalue weighted by molar-refractivity contribution is -0.151. The highest BCUT2D eigenvalue weighted by Gasteiger charge is 2.54. The number of aliphatic carboxylic acids is 1. The van der Waals surface area contributed by atoms with Gasteiger partial charge in [0.15, 0.2) is 0 Å². The third kappa shape index (κ3) is 4.61. The van der Waals surface area contributed by atoms with E-state index in [1.807, 2.05) is 6.92 Å². The van der Waals surface area contributed by atoms with Crippen molar-refractivity contribution in [1.29, 1.82) is 0 Å². The number of hydrogen-bond acceptors (Lipinski definition) is 7. The quantitative estimate of drug-likeness (QED) is 0.322. The zero-order valence-electron chi connectivity index (χ0n) is 14.1. The molecule has 2 aliphatic rings. The predicted molar refractivity (Wildman–Crippen MR) is 99.3 cm³/mol. The van der Waals surface area contributed by atoms with E-state index in [0.29, 0.717) is 37.7 Å². The summed E-state index contributed by atoms with van der Waals surface area (Å²) in [7, 11) is 0.665. The van der Waals surface area contributed by atoms with E-state index in [0.717, 1.165) is 0 Å². The lowest BCUT2D eigenvalue weighted by Crippen LogP contribution is -2.70. The average Bonchev–Trinajstić information content (AvgIpc) is 2.61. The summed E-state index contributed by atoms with van der Waals surface area (Å²) in [6.07, 6.45) is 1.65. The van der Waals surface area contributed by atoms with Crippen LogP contribution in [0.5, 0.6) is 0 Å². The number of nitrogens with one attached hydrogen (secondary N) is 1. The first-order valence-corrected chi connectivity index (χ1v) is 11.2. The predicted octanol–water partition coefficient (Wildman–Crippen LogP) is 0.866. The summed E-state index contributed by atoms with van der Waals surface area (Å²) in [6, 6.07) is -0.719. The number of nitrogens with zero attached hydrogens (tertiary/aromatic N) is 1. The van der Waals surface area contributed by atoms with Crippen LogP contribution in [0.3, 0.4) is 0 Å². The number of carboxylic acids is 1. The van der Waals surface area contributed by atoms with Crippen LogP contribution in [0.15, 0.2) is 11.3 Å². The second-order valence-electron chi connectivity index (χ2n) is 5.73. The molecule has 2 atom stereocenters. The fourth-order valence-corrected chi connectivity index (χ4v) is 4.52. The smallest absolute Gasteiger partial charge is 0.352 e. The molecule has 2 amide bonds. The normalized spacial score (nSPS) is 21.9. The molecule has 1 saturated heterocycles. The maximum absolute atomic E-state index is 12.4. The van der Waals surface area contributed by atoms with Gasteiger partial charge in [-0.25, -0.2) is 4.79 Å². The number of rotatable bonds is 9. The van der Waals surface area contributed by atoms with Gasteiger partial charge in [-0.15, -0.1) is 11.8 Å². The Kier molecular flexibility index (Phi) is 7.55. The minimum Gasteiger partial charge on any atom is -0.477 e. The lowest BCUT2D eigenvalue weighted by atomic mass is 10.0. The van der Waals surface area contributed by atoms with E-state index >= 15 is 0 Å². The van der Waals surface area contributed by atoms with Crippen LogP contribution in [0.25, 0.3) is 0 Å². The molecule has 8 nitrogen and oxygen atoms in total. The van der Waals surface area contributed by atoms with E-state index < -0.39 is 29.3 Å². The Bertz CT molecular complexity index is 669. The number of thioether (sulfide) groups is 1. The van der Waals surface area contributed by atoms with E-state index in [4.69, 9.17) is 16.5 Å². The van der Waals surface area contributed by atoms with Crippen molar-refractivity contribution >= 4 is 54.7 Å². The highest BCUT2D eigenvalue weighted by Crippen LogP contribution is 2.40. The third-order valence-corrected chi connectivity index (χ3v) is 6.15. The Morgan fingerprint density at radius 1 is 1.42 bits per heavy atom. The number of fused-ring (bicyclic) bond motifs is 1. The van der Waals surface area contributed by atoms with Crippen molar-refractivity contribution in [1.82, 2.24) is 10.2 Å². The van der Waals surface area contributed by atoms with E-state index in [1.165, 1.54) is 16.7 Å². The monoisotopic (exact) mass is 418 g/mol. The number of carboxylic acid groups (broad SMARTS) is 1. The van der Waals surface area contributed by atoms with Gasteiger partial charge in [-0.1, -0.05) is 18.7 Å². The molecule has 0 aromatic heterocycles. The molecular weight excluding hydrogens is 399 g/mol. The fourth-order valence-electron chi connectivity index (χ4n) is 2.64. The van der Waals surface area contributed by atoms with Gasteiger partial charge in [0.05, 0.1) is 6.42 Å². The van der Waals surface area contributed by atoms with Gasteiger partial charge in [-0.3, -0.25) is 19.3 Å². The maximum atomic E-state index is 12.4. The van der Waals surface area contributed by atoms with Gasteiger partial charge in [-0.05, 0) is 13.8 Å². The Morgan fingerprint density at radius 2 is 2.15 bits per heavy atom. The van der Waals surface area contributed by atoms with Crippen LogP contribution in [0, 0.1) is 0 Å². The minimum absolute atomic E-state index is 0.158. The first-order valence-electron chi connectivity index (χ1n) is 8.04. The fraction of sp³-hybridized carbons (Fsp3) is 0.600. The molecule has 0 aromatic rings. The van der Waals surface area contributed by atoms with Gasteiger partial charge in [0.1, 0.15) is 23.7 Å². The minimum atomic E-state index is -1.25. The SMILES string of the molecule is CCCC(=O)NC1C(=O)N2C(C(=O)O)=C(COC(=O)CCP=S)CSC12. The molecule has 0 radical (unpaired) electrons. The number of carbonyl (C=O) groups is 4. The third-order valence-electron chi connectivity index (χ3n) is 3.86. The molecule has 11 heteroatoms. The van der Waals surface area contributed by atoms with Crippen molar-refractivity contribution in [2.75, 3.05) is 18.5 Å². The standard InChI is InChI=1S/C15H19N2O6PS2/c1-2-3-9(18)16-11-13(20)17-12(15(21)22)8(7-26-14(11)17)6-23-10(19)4-5-24-25/h11,14H,2-7H2,1H3,(H,16,18)(H,21,22). The van der Waals surface area contributed by atoms with E-state index in [-0.39, 0.29) is 24.6 Å². The molecule has 0 spiro atoms. The molecule has 2 rings (SSSR count). The number of hydrogen-bond donors (Lipinski definition) is 2. The molecule has 26 heavy (non-hydrogen) atoms. The number of esters is 1. The van der Waals surface area contributed by atoms with Crippen molar-refractivity contribution in [2.45, 2.75) is 37.6 Å². The van der Waals surface area contributed by atoms with Crippen LogP contribution >= 0.6 is 19.1 Å². The molecule has 0 aromatic carbocycles. The summed E-state index contributed by atoms with van der Waals surface area (Å²) in [5.41, 5.74) is 0.212. The Labute approximate surface area is 161 Å². The van der Waals surface area contributed by atoms with Crippen LogP contribution in [0.4, 0.5) is 0 Å². The first kappa shape index (κ1) is 20.8. The van der Waals surface area contributed by atoms with Crippen LogP contribution in [-0.2, 0) is 35.7 Å². The topological polar surface area (TPSA) is 113 Å². The summed E-state index contributed by atoms with van der Waals surface area (Å²) < 4.78 is 5.10. The lowest BCUT2D eigenvalue weighted by Gasteiger charge is -2.49. The Balaban J connectivity index is 2.07. The molecule has 0 saturated carbocycles. The van der Waals surface area contributed by atoms with Gasteiger partial charge < -0.3 is 15.2 Å². The van der Waals surface area contributed by atoms with Crippen molar-refractivity contribution in [3.05, 3.63) is 11.3 Å². The second kappa shape index (κ2) is 9.43. The van der Waals surface area contributed by atoms with Gasteiger partial charge in [0.25, 0.3) is 5.91 Å². The summed E-state index contributed by atoms with van der Waals surface area (Å²) in [4.78, 5) is 48.5. The molecule has 2 heterocycles. The molecule has 2 aliphatic heterocycles. The van der Waals surface area contributed by atoms with Gasteiger partial charge in [0.2, 0.25) is 5.91 Å². The number of β-lactam (4-membered cyclic amide) rings is 1. The summed E-state index contributed by atoms with van der Waals surface area (Å²) in [5.74, 6) is -2.09. The number of carbonyl (C=O) groups excluding carboxylic acids is 3. The Morgan fingerprint density at radius 3 is 2.77 bits per heavy atom.